The third-order valence-corrected chi connectivity index (χ3v) is 4.02. The molecule has 0 radical (unpaired) electrons. The van der Waals surface area contributed by atoms with Gasteiger partial charge in [-0.3, -0.25) is 4.79 Å². The molecule has 2 aromatic carbocycles. The maximum Gasteiger partial charge on any atom is 0.273 e. The number of nitrogens with zero attached hydrogens (tertiary/aromatic N) is 3. The second-order valence-electron chi connectivity index (χ2n) is 6.02. The van der Waals surface area contributed by atoms with E-state index >= 15 is 0 Å². The number of oxime groups is 1. The van der Waals surface area contributed by atoms with E-state index in [2.05, 4.69) is 25.3 Å². The van der Waals surface area contributed by atoms with Gasteiger partial charge < -0.3 is 19.6 Å². The van der Waals surface area contributed by atoms with Crippen LogP contribution in [0, 0.1) is 12.7 Å². The first-order valence-electron chi connectivity index (χ1n) is 9.04. The van der Waals surface area contributed by atoms with E-state index in [9.17, 15) is 13.6 Å². The van der Waals surface area contributed by atoms with E-state index < -0.39 is 24.5 Å². The van der Waals surface area contributed by atoms with Crippen LogP contribution in [0.4, 0.5) is 8.78 Å². The molecule has 0 aliphatic rings. The van der Waals surface area contributed by atoms with Crippen LogP contribution in [0.15, 0.2) is 60.0 Å². The number of amides is 1. The first kappa shape index (κ1) is 21.6. The van der Waals surface area contributed by atoms with E-state index in [1.54, 1.807) is 37.3 Å². The summed E-state index contributed by atoms with van der Waals surface area (Å²) in [7, 11) is 1.37. The summed E-state index contributed by atoms with van der Waals surface area (Å²) in [4.78, 5) is 24.2. The Labute approximate surface area is 176 Å². The Morgan fingerprint density at radius 1 is 1.03 bits per heavy atom. The Hall–Kier alpha value is -4.08. The van der Waals surface area contributed by atoms with Crippen LogP contribution in [-0.4, -0.2) is 35.5 Å². The van der Waals surface area contributed by atoms with E-state index in [4.69, 9.17) is 9.47 Å². The van der Waals surface area contributed by atoms with Crippen LogP contribution in [0.1, 0.15) is 11.1 Å². The van der Waals surface area contributed by atoms with Gasteiger partial charge in [0.1, 0.15) is 17.8 Å². The first-order valence-corrected chi connectivity index (χ1v) is 9.04. The van der Waals surface area contributed by atoms with Crippen molar-refractivity contribution in [3.05, 3.63) is 71.8 Å². The van der Waals surface area contributed by atoms with Crippen molar-refractivity contribution in [3.63, 3.8) is 0 Å². The zero-order valence-electron chi connectivity index (χ0n) is 16.6. The summed E-state index contributed by atoms with van der Waals surface area (Å²) < 4.78 is 38.5. The standard InChI is InChI=1S/C21H18F2N4O4/c1-13-7-3-5-9-15(13)30-20-17(23)21(26-12-25-20)31-16-10-6-4-8-14(16)18(19(28)24-2)27-29-11-22/h3-10,12H,11H2,1-2H3,(H,24,28). The van der Waals surface area contributed by atoms with Crippen LogP contribution < -0.4 is 14.8 Å². The van der Waals surface area contributed by atoms with Gasteiger partial charge in [0, 0.05) is 7.05 Å². The van der Waals surface area contributed by atoms with E-state index in [1.807, 2.05) is 6.07 Å². The number of para-hydroxylation sites is 2. The van der Waals surface area contributed by atoms with Gasteiger partial charge in [-0.05, 0) is 30.7 Å². The van der Waals surface area contributed by atoms with Gasteiger partial charge in [0.15, 0.2) is 5.71 Å². The molecule has 0 spiro atoms. The number of nitrogens with one attached hydrogen (secondary N) is 1. The summed E-state index contributed by atoms with van der Waals surface area (Å²) in [5, 5.41) is 5.86. The highest BCUT2D eigenvalue weighted by Crippen LogP contribution is 2.32. The third kappa shape index (κ3) is 5.10. The molecule has 0 unspecified atom stereocenters. The summed E-state index contributed by atoms with van der Waals surface area (Å²) in [5.41, 5.74) is 0.656. The van der Waals surface area contributed by atoms with Crippen molar-refractivity contribution in [1.82, 2.24) is 15.3 Å². The highest BCUT2D eigenvalue weighted by Gasteiger charge is 2.22. The summed E-state index contributed by atoms with van der Waals surface area (Å²) in [6.07, 6.45) is 1.08. The Morgan fingerprint density at radius 2 is 1.65 bits per heavy atom. The van der Waals surface area contributed by atoms with Gasteiger partial charge in [0.05, 0.1) is 5.56 Å². The van der Waals surface area contributed by atoms with Crippen LogP contribution in [0.3, 0.4) is 0 Å². The number of hydrogen-bond donors (Lipinski definition) is 1. The first-order chi connectivity index (χ1) is 15.0. The quantitative estimate of drug-likeness (QED) is 0.432. The van der Waals surface area contributed by atoms with Gasteiger partial charge in [-0.1, -0.05) is 35.5 Å². The average molecular weight is 428 g/mol. The summed E-state index contributed by atoms with van der Waals surface area (Å²) in [5.74, 6) is -1.92. The molecule has 0 bridgehead atoms. The molecule has 0 saturated carbocycles. The number of alkyl halides is 1. The fourth-order valence-electron chi connectivity index (χ4n) is 2.53. The van der Waals surface area contributed by atoms with Gasteiger partial charge in [-0.2, -0.15) is 14.4 Å². The summed E-state index contributed by atoms with van der Waals surface area (Å²) >= 11 is 0. The molecule has 1 N–H and O–H groups in total. The molecule has 3 rings (SSSR count). The van der Waals surface area contributed by atoms with Crippen LogP contribution >= 0.6 is 0 Å². The van der Waals surface area contributed by atoms with Gasteiger partial charge in [0.25, 0.3) is 24.5 Å². The summed E-state index contributed by atoms with van der Waals surface area (Å²) in [6.45, 7) is 0.574. The number of carbonyl (C=O) groups excluding carboxylic acids is 1. The van der Waals surface area contributed by atoms with Crippen molar-refractivity contribution >= 4 is 11.6 Å². The van der Waals surface area contributed by atoms with E-state index in [1.165, 1.54) is 19.2 Å². The topological polar surface area (TPSA) is 94.9 Å². The highest BCUT2D eigenvalue weighted by atomic mass is 19.1. The molecule has 1 amide bonds. The lowest BCUT2D eigenvalue weighted by Crippen LogP contribution is -2.29. The Morgan fingerprint density at radius 3 is 2.29 bits per heavy atom. The Balaban J connectivity index is 1.95. The number of hydrogen-bond acceptors (Lipinski definition) is 7. The van der Waals surface area contributed by atoms with Gasteiger partial charge >= 0.3 is 0 Å². The number of carbonyl (C=O) groups is 1. The lowest BCUT2D eigenvalue weighted by molar-refractivity contribution is -0.114. The lowest BCUT2D eigenvalue weighted by atomic mass is 10.1. The normalized spacial score (nSPS) is 11.0. The van der Waals surface area contributed by atoms with Gasteiger partial charge in [-0.15, -0.1) is 0 Å². The van der Waals surface area contributed by atoms with E-state index in [0.717, 1.165) is 11.9 Å². The molecule has 1 heterocycles. The van der Waals surface area contributed by atoms with Gasteiger partial charge in [0.2, 0.25) is 5.82 Å². The fourth-order valence-corrected chi connectivity index (χ4v) is 2.53. The largest absolute Gasteiger partial charge is 0.436 e. The summed E-state index contributed by atoms with van der Waals surface area (Å²) in [6, 6.07) is 13.2. The maximum absolute atomic E-state index is 15.0. The van der Waals surface area contributed by atoms with E-state index in [-0.39, 0.29) is 22.9 Å². The van der Waals surface area contributed by atoms with Crippen molar-refractivity contribution in [3.8, 4) is 23.3 Å². The minimum absolute atomic E-state index is 0.0340. The van der Waals surface area contributed by atoms with Crippen molar-refractivity contribution < 1.29 is 27.9 Å². The predicted octanol–water partition coefficient (Wildman–Crippen LogP) is 3.90. The SMILES string of the molecule is CNC(=O)C(=NOCF)c1ccccc1Oc1ncnc(Oc2ccccc2C)c1F. The third-order valence-electron chi connectivity index (χ3n) is 4.02. The fraction of sp³-hybridized carbons (Fsp3) is 0.143. The second-order valence-corrected chi connectivity index (χ2v) is 6.02. The molecule has 0 atom stereocenters. The lowest BCUT2D eigenvalue weighted by Gasteiger charge is -2.13. The molecule has 31 heavy (non-hydrogen) atoms. The Kier molecular flexibility index (Phi) is 7.05. The maximum atomic E-state index is 15.0. The number of aryl methyl sites for hydroxylation is 1. The smallest absolute Gasteiger partial charge is 0.273 e. The monoisotopic (exact) mass is 428 g/mol. The predicted molar refractivity (Wildman–Crippen MR) is 107 cm³/mol. The zero-order valence-corrected chi connectivity index (χ0v) is 16.6. The van der Waals surface area contributed by atoms with Crippen LogP contribution in [-0.2, 0) is 9.63 Å². The molecule has 0 aliphatic carbocycles. The molecule has 160 valence electrons. The van der Waals surface area contributed by atoms with Crippen LogP contribution in [0.25, 0.3) is 0 Å². The van der Waals surface area contributed by atoms with Crippen molar-refractivity contribution in [2.24, 2.45) is 5.16 Å². The molecule has 1 aromatic heterocycles. The zero-order chi connectivity index (χ0) is 22.2. The Bertz CT molecular complexity index is 1110. The number of benzene rings is 2. The molecule has 10 heteroatoms. The van der Waals surface area contributed by atoms with Gasteiger partial charge in [-0.25, -0.2) is 4.39 Å². The number of aromatic nitrogens is 2. The molecule has 0 saturated heterocycles. The van der Waals surface area contributed by atoms with Crippen LogP contribution in [0.5, 0.6) is 23.3 Å². The second kappa shape index (κ2) is 10.1. The van der Waals surface area contributed by atoms with Crippen molar-refractivity contribution in [2.75, 3.05) is 13.9 Å². The molecule has 3 aromatic rings. The minimum Gasteiger partial charge on any atom is -0.436 e. The average Bonchev–Trinajstić information content (AvgIpc) is 2.79. The number of rotatable bonds is 8. The highest BCUT2D eigenvalue weighted by molar-refractivity contribution is 6.45. The number of halogens is 2. The van der Waals surface area contributed by atoms with Crippen LogP contribution in [0.2, 0.25) is 0 Å². The van der Waals surface area contributed by atoms with E-state index in [0.29, 0.717) is 5.75 Å². The molecule has 0 fully saturated rings. The molecular weight excluding hydrogens is 410 g/mol. The van der Waals surface area contributed by atoms with Crippen molar-refractivity contribution in [1.29, 1.82) is 0 Å². The number of likely N-dealkylation sites (N-methyl/N-ethyl adjacent to an activating group) is 1. The number of ether oxygens (including phenoxy) is 2. The van der Waals surface area contributed by atoms with Crippen molar-refractivity contribution in [2.45, 2.75) is 6.92 Å². The molecule has 0 aliphatic heterocycles. The molecule has 8 nitrogen and oxygen atoms in total. The molecular formula is C21H18F2N4O4. The minimum atomic E-state index is -1.23.